The van der Waals surface area contributed by atoms with Gasteiger partial charge in [0.2, 0.25) is 0 Å². The molecule has 1 aromatic heterocycles. The summed E-state index contributed by atoms with van der Waals surface area (Å²) in [4.78, 5) is 17.4. The van der Waals surface area contributed by atoms with Crippen molar-refractivity contribution in [1.29, 1.82) is 0 Å². The van der Waals surface area contributed by atoms with E-state index in [1.54, 1.807) is 30.6 Å². The molecule has 0 radical (unpaired) electrons. The first-order valence-corrected chi connectivity index (χ1v) is 5.23. The number of nitro groups is 1. The maximum Gasteiger partial charge on any atom is 0.292 e. The topological polar surface area (TPSA) is 83.8 Å². The summed E-state index contributed by atoms with van der Waals surface area (Å²) >= 11 is 0. The van der Waals surface area contributed by atoms with E-state index < -0.39 is 4.92 Å². The molecule has 0 atom stereocenters. The van der Waals surface area contributed by atoms with E-state index in [0.29, 0.717) is 18.7 Å². The summed E-state index contributed by atoms with van der Waals surface area (Å²) in [5, 5.41) is 13.8. The number of aromatic nitrogens is 2. The largest absolute Gasteiger partial charge is 0.379 e. The quantitative estimate of drug-likeness (QED) is 0.609. The number of anilines is 1. The van der Waals surface area contributed by atoms with Crippen LogP contribution >= 0.6 is 0 Å². The summed E-state index contributed by atoms with van der Waals surface area (Å²) in [6, 6.07) is 6.59. The second kappa shape index (κ2) is 5.11. The van der Waals surface area contributed by atoms with Crippen molar-refractivity contribution in [2.24, 2.45) is 0 Å². The van der Waals surface area contributed by atoms with Gasteiger partial charge < -0.3 is 10.3 Å². The van der Waals surface area contributed by atoms with Crippen LogP contribution in [-0.4, -0.2) is 21.4 Å². The molecule has 0 aliphatic heterocycles. The Morgan fingerprint density at radius 2 is 2.24 bits per heavy atom. The summed E-state index contributed by atoms with van der Waals surface area (Å²) < 4.78 is 0. The molecule has 0 spiro atoms. The van der Waals surface area contributed by atoms with Gasteiger partial charge in [-0.2, -0.15) is 0 Å². The fourth-order valence-electron chi connectivity index (χ4n) is 1.53. The number of para-hydroxylation sites is 2. The first kappa shape index (κ1) is 11.1. The highest BCUT2D eigenvalue weighted by molar-refractivity contribution is 5.61. The SMILES string of the molecule is O=[N+]([O-])c1ccccc1NCCc1ncc[nH]1. The monoisotopic (exact) mass is 232 g/mol. The maximum absolute atomic E-state index is 10.8. The number of benzene rings is 1. The molecule has 0 aliphatic carbocycles. The summed E-state index contributed by atoms with van der Waals surface area (Å²) in [7, 11) is 0. The van der Waals surface area contributed by atoms with E-state index in [1.807, 2.05) is 0 Å². The molecule has 17 heavy (non-hydrogen) atoms. The highest BCUT2D eigenvalue weighted by Gasteiger charge is 2.11. The van der Waals surface area contributed by atoms with E-state index in [0.717, 1.165) is 5.82 Å². The number of H-pyrrole nitrogens is 1. The molecule has 2 N–H and O–H groups in total. The van der Waals surface area contributed by atoms with Gasteiger partial charge in [0.25, 0.3) is 5.69 Å². The zero-order valence-electron chi connectivity index (χ0n) is 9.09. The number of rotatable bonds is 5. The molecule has 6 heteroatoms. The van der Waals surface area contributed by atoms with E-state index >= 15 is 0 Å². The predicted molar refractivity (Wildman–Crippen MR) is 63.9 cm³/mol. The second-order valence-electron chi connectivity index (χ2n) is 3.49. The standard InChI is InChI=1S/C11H12N4O2/c16-15(17)10-4-2-1-3-9(10)12-6-5-11-13-7-8-14-11/h1-4,7-8,12H,5-6H2,(H,13,14). The molecule has 0 saturated heterocycles. The predicted octanol–water partition coefficient (Wildman–Crippen LogP) is 1.97. The third kappa shape index (κ3) is 2.81. The van der Waals surface area contributed by atoms with E-state index in [1.165, 1.54) is 6.07 Å². The Bertz CT molecular complexity index is 496. The summed E-state index contributed by atoms with van der Waals surface area (Å²) in [5.41, 5.74) is 0.621. The molecule has 0 unspecified atom stereocenters. The molecule has 0 bridgehead atoms. The summed E-state index contributed by atoms with van der Waals surface area (Å²) in [6.45, 7) is 0.596. The summed E-state index contributed by atoms with van der Waals surface area (Å²) in [5.74, 6) is 0.857. The van der Waals surface area contributed by atoms with Crippen LogP contribution < -0.4 is 5.32 Å². The normalized spacial score (nSPS) is 10.1. The van der Waals surface area contributed by atoms with Crippen molar-refractivity contribution in [3.05, 3.63) is 52.6 Å². The van der Waals surface area contributed by atoms with Crippen molar-refractivity contribution in [3.63, 3.8) is 0 Å². The smallest absolute Gasteiger partial charge is 0.292 e. The Hall–Kier alpha value is -2.37. The molecule has 1 heterocycles. The van der Waals surface area contributed by atoms with Crippen molar-refractivity contribution in [2.45, 2.75) is 6.42 Å². The lowest BCUT2D eigenvalue weighted by Gasteiger charge is -2.05. The van der Waals surface area contributed by atoms with E-state index in [-0.39, 0.29) is 5.69 Å². The third-order valence-corrected chi connectivity index (χ3v) is 2.33. The van der Waals surface area contributed by atoms with Crippen molar-refractivity contribution >= 4 is 11.4 Å². The van der Waals surface area contributed by atoms with Crippen molar-refractivity contribution in [3.8, 4) is 0 Å². The highest BCUT2D eigenvalue weighted by Crippen LogP contribution is 2.22. The van der Waals surface area contributed by atoms with Crippen molar-refractivity contribution in [1.82, 2.24) is 9.97 Å². The molecular formula is C11H12N4O2. The molecule has 1 aromatic carbocycles. The van der Waals surface area contributed by atoms with E-state index in [2.05, 4.69) is 15.3 Å². The van der Waals surface area contributed by atoms with Crippen LogP contribution in [0.25, 0.3) is 0 Å². The van der Waals surface area contributed by atoms with Gasteiger partial charge >= 0.3 is 0 Å². The fourth-order valence-corrected chi connectivity index (χ4v) is 1.53. The lowest BCUT2D eigenvalue weighted by Crippen LogP contribution is -2.07. The Balaban J connectivity index is 1.97. The van der Waals surface area contributed by atoms with Crippen LogP contribution in [0.3, 0.4) is 0 Å². The van der Waals surface area contributed by atoms with Gasteiger partial charge in [0, 0.05) is 31.4 Å². The third-order valence-electron chi connectivity index (χ3n) is 2.33. The molecule has 0 aliphatic rings. The number of aromatic amines is 1. The van der Waals surface area contributed by atoms with Gasteiger partial charge in [-0.05, 0) is 6.07 Å². The lowest BCUT2D eigenvalue weighted by molar-refractivity contribution is -0.384. The Labute approximate surface area is 97.9 Å². The van der Waals surface area contributed by atoms with Crippen LogP contribution in [0.4, 0.5) is 11.4 Å². The van der Waals surface area contributed by atoms with Crippen LogP contribution in [0.2, 0.25) is 0 Å². The lowest BCUT2D eigenvalue weighted by atomic mass is 10.2. The van der Waals surface area contributed by atoms with E-state index in [9.17, 15) is 10.1 Å². The van der Waals surface area contributed by atoms with Crippen molar-refractivity contribution < 1.29 is 4.92 Å². The minimum Gasteiger partial charge on any atom is -0.379 e. The van der Waals surface area contributed by atoms with Gasteiger partial charge in [-0.15, -0.1) is 0 Å². The molecule has 0 fully saturated rings. The number of nitrogens with zero attached hydrogens (tertiary/aromatic N) is 2. The average Bonchev–Trinajstić information content (AvgIpc) is 2.82. The average molecular weight is 232 g/mol. The van der Waals surface area contributed by atoms with E-state index in [4.69, 9.17) is 0 Å². The zero-order valence-corrected chi connectivity index (χ0v) is 9.09. The Kier molecular flexibility index (Phi) is 3.34. The Morgan fingerprint density at radius 3 is 2.94 bits per heavy atom. The van der Waals surface area contributed by atoms with Gasteiger partial charge in [0.15, 0.2) is 0 Å². The number of hydrogen-bond acceptors (Lipinski definition) is 4. The van der Waals surface area contributed by atoms with Crippen LogP contribution in [-0.2, 0) is 6.42 Å². The molecule has 0 amide bonds. The number of imidazole rings is 1. The van der Waals surface area contributed by atoms with Gasteiger partial charge in [0.05, 0.1) is 4.92 Å². The molecule has 2 aromatic rings. The van der Waals surface area contributed by atoms with Gasteiger partial charge in [-0.3, -0.25) is 10.1 Å². The van der Waals surface area contributed by atoms with Crippen LogP contribution in [0.1, 0.15) is 5.82 Å². The number of hydrogen-bond donors (Lipinski definition) is 2. The van der Waals surface area contributed by atoms with Crippen LogP contribution in [0.5, 0.6) is 0 Å². The summed E-state index contributed by atoms with van der Waals surface area (Å²) in [6.07, 6.45) is 4.12. The number of nitro benzene ring substituents is 1. The highest BCUT2D eigenvalue weighted by atomic mass is 16.6. The zero-order chi connectivity index (χ0) is 12.1. The maximum atomic E-state index is 10.8. The van der Waals surface area contributed by atoms with Crippen LogP contribution in [0.15, 0.2) is 36.7 Å². The first-order chi connectivity index (χ1) is 8.27. The molecule has 88 valence electrons. The molecule has 0 saturated carbocycles. The molecule has 2 rings (SSSR count). The minimum absolute atomic E-state index is 0.0898. The minimum atomic E-state index is -0.394. The van der Waals surface area contributed by atoms with Gasteiger partial charge in [0.1, 0.15) is 11.5 Å². The number of nitrogens with one attached hydrogen (secondary N) is 2. The fraction of sp³-hybridized carbons (Fsp3) is 0.182. The second-order valence-corrected chi connectivity index (χ2v) is 3.49. The van der Waals surface area contributed by atoms with Crippen LogP contribution in [0, 0.1) is 10.1 Å². The first-order valence-electron chi connectivity index (χ1n) is 5.23. The van der Waals surface area contributed by atoms with Crippen molar-refractivity contribution in [2.75, 3.05) is 11.9 Å². The van der Waals surface area contributed by atoms with Gasteiger partial charge in [-0.25, -0.2) is 4.98 Å². The van der Waals surface area contributed by atoms with Gasteiger partial charge in [-0.1, -0.05) is 12.1 Å². The molecular weight excluding hydrogens is 220 g/mol. The Morgan fingerprint density at radius 1 is 1.41 bits per heavy atom. The molecule has 6 nitrogen and oxygen atoms in total.